The molecule has 1 atom stereocenters. The normalized spacial score (nSPS) is 19.8. The van der Waals surface area contributed by atoms with Crippen LogP contribution in [-0.2, 0) is 0 Å². The lowest BCUT2D eigenvalue weighted by atomic mass is 10.1. The zero-order chi connectivity index (χ0) is 13.1. The molecule has 0 aromatic heterocycles. The molecule has 1 fully saturated rings. The molecular weight excluding hydrogens is 232 g/mol. The maximum atomic E-state index is 12.1. The Kier molecular flexibility index (Phi) is 3.72. The molecular formula is C13H18N2O3. The molecule has 0 aliphatic carbocycles. The third kappa shape index (κ3) is 2.73. The number of aromatic hydroxyl groups is 1. The fourth-order valence-corrected chi connectivity index (χ4v) is 2.14. The van der Waals surface area contributed by atoms with Gasteiger partial charge in [-0.05, 0) is 38.2 Å². The second-order valence-electron chi connectivity index (χ2n) is 4.60. The molecule has 1 aromatic rings. The molecule has 1 aliphatic heterocycles. The van der Waals surface area contributed by atoms with E-state index in [-0.39, 0.29) is 23.3 Å². The number of phenolic OH excluding ortho intramolecular Hbond substituents is 1. The number of carbonyl (C=O) groups excluding carboxylic acids is 1. The predicted molar refractivity (Wildman–Crippen MR) is 68.0 cm³/mol. The standard InChI is InChI=1S/C13H18N2O3/c1-15-6-5-9(8-15)14-13(17)11-7-10(18-2)3-4-12(11)16/h3-4,7,9,16H,5-6,8H2,1-2H3,(H,14,17). The first-order valence-corrected chi connectivity index (χ1v) is 5.96. The summed E-state index contributed by atoms with van der Waals surface area (Å²) in [4.78, 5) is 14.2. The highest BCUT2D eigenvalue weighted by Crippen LogP contribution is 2.23. The van der Waals surface area contributed by atoms with Gasteiger partial charge in [0.25, 0.3) is 5.91 Å². The van der Waals surface area contributed by atoms with E-state index in [0.29, 0.717) is 5.75 Å². The van der Waals surface area contributed by atoms with Crippen molar-refractivity contribution in [3.63, 3.8) is 0 Å². The number of nitrogens with one attached hydrogen (secondary N) is 1. The minimum Gasteiger partial charge on any atom is -0.507 e. The second-order valence-corrected chi connectivity index (χ2v) is 4.60. The Balaban J connectivity index is 2.08. The lowest BCUT2D eigenvalue weighted by Crippen LogP contribution is -2.36. The van der Waals surface area contributed by atoms with Gasteiger partial charge >= 0.3 is 0 Å². The first-order chi connectivity index (χ1) is 8.60. The molecule has 1 heterocycles. The molecule has 1 aliphatic rings. The molecule has 1 amide bonds. The molecule has 2 rings (SSSR count). The van der Waals surface area contributed by atoms with Crippen molar-refractivity contribution in [3.8, 4) is 11.5 Å². The van der Waals surface area contributed by atoms with Crippen LogP contribution >= 0.6 is 0 Å². The van der Waals surface area contributed by atoms with Crippen LogP contribution in [-0.4, -0.2) is 49.2 Å². The van der Waals surface area contributed by atoms with E-state index in [1.165, 1.54) is 13.2 Å². The molecule has 0 saturated carbocycles. The van der Waals surface area contributed by atoms with Crippen LogP contribution in [0, 0.1) is 0 Å². The summed E-state index contributed by atoms with van der Waals surface area (Å²) in [5.41, 5.74) is 0.254. The van der Waals surface area contributed by atoms with Gasteiger partial charge in [-0.1, -0.05) is 0 Å². The predicted octanol–water partition coefficient (Wildman–Crippen LogP) is 0.835. The van der Waals surface area contributed by atoms with Crippen molar-refractivity contribution in [1.29, 1.82) is 0 Å². The SMILES string of the molecule is COc1ccc(O)c(C(=O)NC2CCN(C)C2)c1. The lowest BCUT2D eigenvalue weighted by Gasteiger charge is -2.14. The maximum Gasteiger partial charge on any atom is 0.255 e. The van der Waals surface area contributed by atoms with Gasteiger partial charge in [0.1, 0.15) is 11.5 Å². The van der Waals surface area contributed by atoms with Gasteiger partial charge in [-0.3, -0.25) is 4.79 Å². The first-order valence-electron chi connectivity index (χ1n) is 5.96. The molecule has 5 nitrogen and oxygen atoms in total. The third-order valence-electron chi connectivity index (χ3n) is 3.17. The number of methoxy groups -OCH3 is 1. The third-order valence-corrected chi connectivity index (χ3v) is 3.17. The molecule has 98 valence electrons. The van der Waals surface area contributed by atoms with Gasteiger partial charge in [0.2, 0.25) is 0 Å². The van der Waals surface area contributed by atoms with Crippen molar-refractivity contribution in [2.24, 2.45) is 0 Å². The summed E-state index contributed by atoms with van der Waals surface area (Å²) in [5, 5.41) is 12.6. The van der Waals surface area contributed by atoms with E-state index in [2.05, 4.69) is 10.2 Å². The van der Waals surface area contributed by atoms with Gasteiger partial charge in [0.15, 0.2) is 0 Å². The van der Waals surface area contributed by atoms with Crippen LogP contribution < -0.4 is 10.1 Å². The lowest BCUT2D eigenvalue weighted by molar-refractivity contribution is 0.0935. The quantitative estimate of drug-likeness (QED) is 0.834. The van der Waals surface area contributed by atoms with Crippen LogP contribution in [0.25, 0.3) is 0 Å². The molecule has 0 radical (unpaired) electrons. The topological polar surface area (TPSA) is 61.8 Å². The van der Waals surface area contributed by atoms with Crippen molar-refractivity contribution >= 4 is 5.91 Å². The van der Waals surface area contributed by atoms with Crippen LogP contribution in [0.15, 0.2) is 18.2 Å². The van der Waals surface area contributed by atoms with E-state index < -0.39 is 0 Å². The minimum absolute atomic E-state index is 0.0281. The Hall–Kier alpha value is -1.75. The average Bonchev–Trinajstić information content (AvgIpc) is 2.75. The number of hydrogen-bond acceptors (Lipinski definition) is 4. The van der Waals surface area contributed by atoms with Crippen molar-refractivity contribution in [3.05, 3.63) is 23.8 Å². The van der Waals surface area contributed by atoms with E-state index in [4.69, 9.17) is 4.74 Å². The van der Waals surface area contributed by atoms with Gasteiger partial charge in [0, 0.05) is 12.6 Å². The summed E-state index contributed by atoms with van der Waals surface area (Å²) < 4.78 is 5.05. The van der Waals surface area contributed by atoms with Crippen LogP contribution in [0.4, 0.5) is 0 Å². The highest BCUT2D eigenvalue weighted by Gasteiger charge is 2.22. The van der Waals surface area contributed by atoms with Gasteiger partial charge in [-0.25, -0.2) is 0 Å². The number of amides is 1. The zero-order valence-electron chi connectivity index (χ0n) is 10.6. The Bertz CT molecular complexity index is 448. The summed E-state index contributed by atoms with van der Waals surface area (Å²) in [6, 6.07) is 4.78. The molecule has 0 spiro atoms. The number of likely N-dealkylation sites (N-methyl/N-ethyl adjacent to an activating group) is 1. The summed E-state index contributed by atoms with van der Waals surface area (Å²) in [6.45, 7) is 1.82. The Morgan fingerprint density at radius 3 is 2.94 bits per heavy atom. The number of benzene rings is 1. The highest BCUT2D eigenvalue weighted by molar-refractivity contribution is 5.97. The molecule has 1 unspecified atom stereocenters. The molecule has 1 aromatic carbocycles. The smallest absolute Gasteiger partial charge is 0.255 e. The van der Waals surface area contributed by atoms with Crippen LogP contribution in [0.1, 0.15) is 16.8 Å². The van der Waals surface area contributed by atoms with E-state index in [1.54, 1.807) is 12.1 Å². The van der Waals surface area contributed by atoms with E-state index in [0.717, 1.165) is 19.5 Å². The summed E-state index contributed by atoms with van der Waals surface area (Å²) in [7, 11) is 3.55. The number of likely N-dealkylation sites (tertiary alicyclic amines) is 1. The number of ether oxygens (including phenoxy) is 1. The number of carbonyl (C=O) groups is 1. The Morgan fingerprint density at radius 2 is 2.33 bits per heavy atom. The van der Waals surface area contributed by atoms with E-state index in [1.807, 2.05) is 7.05 Å². The second kappa shape index (κ2) is 5.27. The number of hydrogen-bond donors (Lipinski definition) is 2. The van der Waals surface area contributed by atoms with Crippen LogP contribution in [0.5, 0.6) is 11.5 Å². The molecule has 18 heavy (non-hydrogen) atoms. The average molecular weight is 250 g/mol. The van der Waals surface area contributed by atoms with Crippen molar-refractivity contribution in [2.75, 3.05) is 27.2 Å². The molecule has 1 saturated heterocycles. The fraction of sp³-hybridized carbons (Fsp3) is 0.462. The first kappa shape index (κ1) is 12.7. The van der Waals surface area contributed by atoms with Gasteiger partial charge in [0.05, 0.1) is 12.7 Å². The summed E-state index contributed by atoms with van der Waals surface area (Å²) >= 11 is 0. The minimum atomic E-state index is -0.258. The Morgan fingerprint density at radius 1 is 1.56 bits per heavy atom. The van der Waals surface area contributed by atoms with Gasteiger partial charge in [-0.15, -0.1) is 0 Å². The fourth-order valence-electron chi connectivity index (χ4n) is 2.14. The van der Waals surface area contributed by atoms with Crippen molar-refractivity contribution in [1.82, 2.24) is 10.2 Å². The largest absolute Gasteiger partial charge is 0.507 e. The van der Waals surface area contributed by atoms with Gasteiger partial charge in [-0.2, -0.15) is 0 Å². The maximum absolute atomic E-state index is 12.1. The zero-order valence-corrected chi connectivity index (χ0v) is 10.6. The highest BCUT2D eigenvalue weighted by atomic mass is 16.5. The molecule has 5 heteroatoms. The Labute approximate surface area is 106 Å². The molecule has 0 bridgehead atoms. The van der Waals surface area contributed by atoms with Crippen LogP contribution in [0.3, 0.4) is 0 Å². The van der Waals surface area contributed by atoms with Crippen molar-refractivity contribution in [2.45, 2.75) is 12.5 Å². The van der Waals surface area contributed by atoms with E-state index >= 15 is 0 Å². The molecule has 2 N–H and O–H groups in total. The summed E-state index contributed by atoms with van der Waals surface area (Å²) in [6.07, 6.45) is 0.937. The van der Waals surface area contributed by atoms with E-state index in [9.17, 15) is 9.90 Å². The number of nitrogens with zero attached hydrogens (tertiary/aromatic N) is 1. The van der Waals surface area contributed by atoms with Crippen molar-refractivity contribution < 1.29 is 14.6 Å². The van der Waals surface area contributed by atoms with Gasteiger partial charge < -0.3 is 20.1 Å². The summed E-state index contributed by atoms with van der Waals surface area (Å²) in [5.74, 6) is 0.271. The number of phenols is 1. The van der Waals surface area contributed by atoms with Crippen LogP contribution in [0.2, 0.25) is 0 Å². The monoisotopic (exact) mass is 250 g/mol. The number of rotatable bonds is 3.